The lowest BCUT2D eigenvalue weighted by molar-refractivity contribution is -0.671. The fourth-order valence-electron chi connectivity index (χ4n) is 2.05. The first-order chi connectivity index (χ1) is 18.6. The fraction of sp³-hybridized carbons (Fsp3) is 0.500. The molecule has 0 N–H and O–H groups in total. The minimum Gasteiger partial charge on any atom is -1.00 e. The van der Waals surface area contributed by atoms with E-state index in [0.29, 0.717) is 0 Å². The van der Waals surface area contributed by atoms with Crippen LogP contribution in [0.5, 0.6) is 0 Å². The van der Waals surface area contributed by atoms with E-state index in [9.17, 15) is 43.2 Å². The van der Waals surface area contributed by atoms with Crippen molar-refractivity contribution in [3.63, 3.8) is 0 Å². The number of aromatic nitrogens is 6. The molecule has 25 heteroatoms. The van der Waals surface area contributed by atoms with Crippen molar-refractivity contribution >= 4 is 69.6 Å². The van der Waals surface area contributed by atoms with Crippen LogP contribution in [0.4, 0.5) is 26.3 Å². The highest BCUT2D eigenvalue weighted by Crippen LogP contribution is 2.36. The summed E-state index contributed by atoms with van der Waals surface area (Å²) in [6.07, 6.45) is 18.1. The van der Waals surface area contributed by atoms with Crippen molar-refractivity contribution in [1.29, 1.82) is 0 Å². The molecule has 0 saturated carbocycles. The van der Waals surface area contributed by atoms with Crippen molar-refractivity contribution in [1.82, 2.24) is 13.7 Å². The van der Waals surface area contributed by atoms with Crippen LogP contribution < -0.4 is 26.1 Å². The molecule has 0 bridgehead atoms. The smallest absolute Gasteiger partial charge is 0.564 e. The van der Waals surface area contributed by atoms with Gasteiger partial charge in [0.05, 0.1) is 41.8 Å². The third-order valence-corrected chi connectivity index (χ3v) is 6.51. The molecule has 43 heavy (non-hydrogen) atoms. The number of alkyl halides is 6. The van der Waals surface area contributed by atoms with Gasteiger partial charge >= 0.3 is 20.4 Å². The van der Waals surface area contributed by atoms with Crippen molar-refractivity contribution in [2.75, 3.05) is 0 Å². The van der Waals surface area contributed by atoms with Crippen LogP contribution >= 0.6 is 40.2 Å². The van der Waals surface area contributed by atoms with Crippen LogP contribution in [0.3, 0.4) is 0 Å². The van der Waals surface area contributed by atoms with Crippen LogP contribution in [0, 0.1) is 0 Å². The zero-order chi connectivity index (χ0) is 33.7. The Morgan fingerprint density at radius 3 is 1.09 bits per heavy atom. The number of rotatable bonds is 3. The Morgan fingerprint density at radius 2 is 0.977 bits per heavy atom. The minimum absolute atomic E-state index is 0. The first-order valence-electron chi connectivity index (χ1n) is 10.8. The van der Waals surface area contributed by atoms with Crippen LogP contribution in [0.2, 0.25) is 0 Å². The van der Waals surface area contributed by atoms with Crippen LogP contribution in [0.15, 0.2) is 56.2 Å². The van der Waals surface area contributed by atoms with E-state index in [4.69, 9.17) is 40.2 Å². The fourth-order valence-corrected chi connectivity index (χ4v) is 3.76. The van der Waals surface area contributed by atoms with Crippen molar-refractivity contribution in [2.45, 2.75) is 24.5 Å². The molecule has 0 fully saturated rings. The Hall–Kier alpha value is -0.948. The highest BCUT2D eigenvalue weighted by molar-refractivity contribution is 8.13. The predicted molar refractivity (Wildman–Crippen MR) is 147 cm³/mol. The summed E-state index contributed by atoms with van der Waals surface area (Å²) in [4.78, 5) is 0. The molecule has 0 aliphatic heterocycles. The quantitative estimate of drug-likeness (QED) is 0.219. The third kappa shape index (κ3) is 23.1. The number of hydrogen-bond acceptors (Lipinski definition) is 4. The minimum atomic E-state index is -6.72. The van der Waals surface area contributed by atoms with Crippen molar-refractivity contribution in [2.24, 2.45) is 35.2 Å². The van der Waals surface area contributed by atoms with Crippen molar-refractivity contribution < 1.29 is 69.3 Å². The monoisotopic (exact) mass is 787 g/mol. The molecule has 0 saturated heterocycles. The largest absolute Gasteiger partial charge is 1.00 e. The Balaban J connectivity index is -0.000000489. The lowest BCUT2D eigenvalue weighted by Crippen LogP contribution is -3.00. The van der Waals surface area contributed by atoms with Gasteiger partial charge in [-0.05, 0) is 6.92 Å². The topological polar surface area (TPSA) is 109 Å². The van der Waals surface area contributed by atoms with E-state index < -0.39 is 40.5 Å². The molecule has 3 aromatic rings. The second-order valence-corrected chi connectivity index (χ2v) is 24.1. The maximum absolute atomic E-state index is 11.4. The van der Waals surface area contributed by atoms with E-state index in [1.807, 2.05) is 102 Å². The highest BCUT2D eigenvalue weighted by Gasteiger charge is 2.46. The van der Waals surface area contributed by atoms with Crippen LogP contribution in [0.25, 0.3) is 4.13 Å². The van der Waals surface area contributed by atoms with E-state index >= 15 is 0 Å². The summed E-state index contributed by atoms with van der Waals surface area (Å²) in [6, 6.07) is 0. The van der Waals surface area contributed by atoms with Gasteiger partial charge in [0.15, 0.2) is 20.0 Å². The van der Waals surface area contributed by atoms with E-state index in [2.05, 4.69) is 24.0 Å². The van der Waals surface area contributed by atoms with Crippen LogP contribution in [-0.2, 0) is 61.8 Å². The zero-order valence-electron chi connectivity index (χ0n) is 23.2. The molecular formula is C18H29AlCl5F6N7O4S2. The molecule has 0 unspecified atom stereocenters. The SMILES string of the molecule is CCn1cc[n+](C)c1.Cn1cc[n+](C)c1.Cn1cc[n+](C)c1.O=S(=O)([N-]S(=O)(=O)C(F)(F)F)C(F)(F)F.[Cl-].[Cl][Al-]([Cl])([Cl])[Cl]. The van der Waals surface area contributed by atoms with Gasteiger partial charge in [0, 0.05) is 0 Å². The van der Waals surface area contributed by atoms with Gasteiger partial charge in [0.25, 0.3) is 0 Å². The summed E-state index contributed by atoms with van der Waals surface area (Å²) >= 11 is 0. The van der Waals surface area contributed by atoms with Gasteiger partial charge in [-0.15, -0.1) is 0 Å². The lowest BCUT2D eigenvalue weighted by atomic mass is 10.7. The van der Waals surface area contributed by atoms with E-state index in [1.54, 1.807) is 0 Å². The van der Waals surface area contributed by atoms with E-state index in [-0.39, 0.29) is 12.4 Å². The van der Waals surface area contributed by atoms with Gasteiger partial charge in [-0.25, -0.2) is 44.2 Å². The molecular weight excluding hydrogens is 761 g/mol. The van der Waals surface area contributed by atoms with Crippen molar-refractivity contribution in [3.05, 3.63) is 60.3 Å². The average molecular weight is 790 g/mol. The van der Waals surface area contributed by atoms with Gasteiger partial charge in [0.2, 0.25) is 19.0 Å². The molecule has 0 aromatic carbocycles. The molecule has 3 heterocycles. The molecule has 11 nitrogen and oxygen atoms in total. The molecule has 0 radical (unpaired) electrons. The normalized spacial score (nSPS) is 11.6. The summed E-state index contributed by atoms with van der Waals surface area (Å²) in [5.74, 6) is 0. The average Bonchev–Trinajstić information content (AvgIpc) is 3.47. The van der Waals surface area contributed by atoms with E-state index in [0.717, 1.165) is 10.7 Å². The number of aryl methyl sites for hydroxylation is 6. The maximum Gasteiger partial charge on any atom is 0.564 e. The first-order valence-corrected chi connectivity index (χ1v) is 20.7. The van der Waals surface area contributed by atoms with Crippen molar-refractivity contribution in [3.8, 4) is 0 Å². The summed E-state index contributed by atoms with van der Waals surface area (Å²) < 4.78 is 121. The Bertz CT molecular complexity index is 1310. The molecule has 3 aromatic heterocycles. The lowest BCUT2D eigenvalue weighted by Gasteiger charge is -2.22. The third-order valence-electron chi connectivity index (χ3n) is 3.77. The molecule has 252 valence electrons. The van der Waals surface area contributed by atoms with Gasteiger partial charge in [0.1, 0.15) is 37.2 Å². The number of sulfonamides is 2. The summed E-state index contributed by atoms with van der Waals surface area (Å²) in [7, 11) is 13.6. The van der Waals surface area contributed by atoms with Gasteiger partial charge < -0.3 is 56.7 Å². The summed E-state index contributed by atoms with van der Waals surface area (Å²) in [5, 5.41) is 0. The van der Waals surface area contributed by atoms with Gasteiger partial charge in [-0.3, -0.25) is 0 Å². The van der Waals surface area contributed by atoms with Gasteiger partial charge in [-0.2, -0.15) is 26.3 Å². The summed E-state index contributed by atoms with van der Waals surface area (Å²) in [6.45, 7) is 3.18. The van der Waals surface area contributed by atoms with Crippen LogP contribution in [0.1, 0.15) is 6.92 Å². The van der Waals surface area contributed by atoms with Crippen LogP contribution in [-0.4, -0.2) is 50.9 Å². The molecule has 0 aliphatic carbocycles. The molecule has 3 rings (SSSR count). The predicted octanol–water partition coefficient (Wildman–Crippen LogP) is 0.472. The standard InChI is InChI=1S/C6H11N2.2C5H9N2.C2F6NO4S2.Al.5ClH/c1-3-8-5-4-7(2)6-8;2*1-6-3-4-7(2)5-6;3-1(4,5)14(10,11)9-15(12,13)2(6,7)8;;;;;;/h4-6H,3H2,1-2H3;2*3-5H,1-2H3;;;5*1H/q3*+1;-1;+3;;;;;/p-5. The zero-order valence-corrected chi connectivity index (χ0v) is 29.8. The maximum atomic E-state index is 11.4. The number of halogens is 11. The highest BCUT2D eigenvalue weighted by atomic mass is 35.9. The molecule has 0 amide bonds. The molecule has 0 spiro atoms. The Kier molecular flexibility index (Phi) is 21.1. The number of hydrogen-bond donors (Lipinski definition) is 0. The second-order valence-electron chi connectivity index (χ2n) is 7.81. The number of imidazole rings is 3. The van der Waals surface area contributed by atoms with E-state index in [1.165, 1.54) is 0 Å². The summed E-state index contributed by atoms with van der Waals surface area (Å²) in [5.41, 5.74) is -12.4. The Labute approximate surface area is 271 Å². The van der Waals surface area contributed by atoms with Gasteiger partial charge in [-0.1, -0.05) is 0 Å². The first kappa shape index (κ1) is 46.5. The second kappa shape index (κ2) is 19.5. The Morgan fingerprint density at radius 1 is 0.698 bits per heavy atom. The molecule has 0 aliphatic rings. The number of nitrogens with zero attached hydrogens (tertiary/aromatic N) is 7. The molecule has 0 atom stereocenters.